The van der Waals surface area contributed by atoms with Gasteiger partial charge in [-0.3, -0.25) is 9.48 Å². The van der Waals surface area contributed by atoms with Crippen LogP contribution in [0.1, 0.15) is 62.0 Å². The van der Waals surface area contributed by atoms with Gasteiger partial charge in [0.2, 0.25) is 0 Å². The Morgan fingerprint density at radius 1 is 1.37 bits per heavy atom. The first-order chi connectivity index (χ1) is 9.04. The number of aliphatic carboxylic acids is 1. The maximum atomic E-state index is 10.9. The van der Waals surface area contributed by atoms with E-state index in [1.165, 1.54) is 32.1 Å². The van der Waals surface area contributed by atoms with E-state index in [2.05, 4.69) is 16.7 Å². The van der Waals surface area contributed by atoms with Crippen LogP contribution in [0.5, 0.6) is 0 Å². The molecule has 0 bridgehead atoms. The fourth-order valence-electron chi connectivity index (χ4n) is 3.41. The molecule has 2 unspecified atom stereocenters. The maximum Gasteiger partial charge on any atom is 0.307 e. The fraction of sp³-hybridized carbons (Fsp3) is 0.733. The summed E-state index contributed by atoms with van der Waals surface area (Å²) in [7, 11) is 0. The normalized spacial score (nSPS) is 23.5. The van der Waals surface area contributed by atoms with Gasteiger partial charge >= 0.3 is 5.97 Å². The summed E-state index contributed by atoms with van der Waals surface area (Å²) in [4.78, 5) is 10.9. The van der Waals surface area contributed by atoms with Gasteiger partial charge in [0.1, 0.15) is 0 Å². The molecular weight excluding hydrogens is 240 g/mol. The van der Waals surface area contributed by atoms with Crippen molar-refractivity contribution in [3.63, 3.8) is 0 Å². The second kappa shape index (κ2) is 5.76. The van der Waals surface area contributed by atoms with Gasteiger partial charge in [0.15, 0.2) is 0 Å². The van der Waals surface area contributed by atoms with Crippen molar-refractivity contribution in [2.24, 2.45) is 5.92 Å². The molecule has 0 aliphatic heterocycles. The van der Waals surface area contributed by atoms with E-state index < -0.39 is 5.97 Å². The molecule has 2 rings (SSSR count). The number of aryl methyl sites for hydroxylation is 1. The first kappa shape index (κ1) is 14.1. The summed E-state index contributed by atoms with van der Waals surface area (Å²) >= 11 is 0. The van der Waals surface area contributed by atoms with Gasteiger partial charge in [-0.15, -0.1) is 0 Å². The summed E-state index contributed by atoms with van der Waals surface area (Å²) in [6, 6.07) is 0.458. The lowest BCUT2D eigenvalue weighted by atomic mass is 9.83. The molecule has 2 atom stereocenters. The van der Waals surface area contributed by atoms with E-state index in [0.29, 0.717) is 12.0 Å². The number of carboxylic acids is 1. The number of rotatable bonds is 4. The van der Waals surface area contributed by atoms with Crippen molar-refractivity contribution in [1.82, 2.24) is 9.78 Å². The van der Waals surface area contributed by atoms with Crippen LogP contribution < -0.4 is 0 Å². The molecule has 4 nitrogen and oxygen atoms in total. The molecule has 1 N–H and O–H groups in total. The number of hydrogen-bond donors (Lipinski definition) is 1. The van der Waals surface area contributed by atoms with Crippen LogP contribution in [0.2, 0.25) is 0 Å². The lowest BCUT2D eigenvalue weighted by Crippen LogP contribution is -2.24. The molecule has 1 saturated carbocycles. The van der Waals surface area contributed by atoms with E-state index in [9.17, 15) is 4.79 Å². The Kier molecular flexibility index (Phi) is 4.27. The van der Waals surface area contributed by atoms with E-state index >= 15 is 0 Å². The standard InChI is InChI=1S/C15H24N2O2/c1-4-12-7-5-6-8-14(12)17-11(3)13(9-15(18)19)10(2)16-17/h12,14H,4-9H2,1-3H3,(H,18,19). The predicted octanol–water partition coefficient (Wildman–Crippen LogP) is 3.27. The van der Waals surface area contributed by atoms with Gasteiger partial charge in [-0.05, 0) is 32.6 Å². The minimum Gasteiger partial charge on any atom is -0.481 e. The highest BCUT2D eigenvalue weighted by molar-refractivity contribution is 5.70. The van der Waals surface area contributed by atoms with Crippen molar-refractivity contribution >= 4 is 5.97 Å². The summed E-state index contributed by atoms with van der Waals surface area (Å²) < 4.78 is 2.11. The number of aromatic nitrogens is 2. The smallest absolute Gasteiger partial charge is 0.307 e. The Labute approximate surface area is 114 Å². The lowest BCUT2D eigenvalue weighted by molar-refractivity contribution is -0.136. The molecule has 1 aromatic heterocycles. The first-order valence-corrected chi connectivity index (χ1v) is 7.31. The minimum atomic E-state index is -0.776. The third-order valence-corrected chi connectivity index (χ3v) is 4.51. The zero-order valence-electron chi connectivity index (χ0n) is 12.1. The average Bonchev–Trinajstić information content (AvgIpc) is 2.66. The second-order valence-corrected chi connectivity index (χ2v) is 5.68. The SMILES string of the molecule is CCC1CCCCC1n1nc(C)c(CC(=O)O)c1C. The van der Waals surface area contributed by atoms with Crippen molar-refractivity contribution in [2.75, 3.05) is 0 Å². The molecule has 19 heavy (non-hydrogen) atoms. The highest BCUT2D eigenvalue weighted by Crippen LogP contribution is 2.37. The van der Waals surface area contributed by atoms with Crippen molar-refractivity contribution in [2.45, 2.75) is 65.3 Å². The number of carbonyl (C=O) groups is 1. The Morgan fingerprint density at radius 2 is 2.05 bits per heavy atom. The van der Waals surface area contributed by atoms with Crippen LogP contribution in [0, 0.1) is 19.8 Å². The molecule has 1 aliphatic rings. The van der Waals surface area contributed by atoms with Gasteiger partial charge in [0.05, 0.1) is 18.2 Å². The molecule has 1 aliphatic carbocycles. The first-order valence-electron chi connectivity index (χ1n) is 7.31. The molecule has 106 valence electrons. The summed E-state index contributed by atoms with van der Waals surface area (Å²) in [5, 5.41) is 13.6. The third-order valence-electron chi connectivity index (χ3n) is 4.51. The van der Waals surface area contributed by atoms with Gasteiger partial charge in [-0.1, -0.05) is 26.2 Å². The fourth-order valence-corrected chi connectivity index (χ4v) is 3.41. The highest BCUT2D eigenvalue weighted by Gasteiger charge is 2.28. The van der Waals surface area contributed by atoms with E-state index in [-0.39, 0.29) is 6.42 Å². The van der Waals surface area contributed by atoms with E-state index in [1.54, 1.807) is 0 Å². The van der Waals surface area contributed by atoms with Gasteiger partial charge in [-0.2, -0.15) is 5.10 Å². The molecular formula is C15H24N2O2. The number of hydrogen-bond acceptors (Lipinski definition) is 2. The molecule has 1 fully saturated rings. The molecule has 0 aromatic carbocycles. The van der Waals surface area contributed by atoms with Crippen molar-refractivity contribution < 1.29 is 9.90 Å². The minimum absolute atomic E-state index is 0.0845. The Bertz CT molecular complexity index is 465. The summed E-state index contributed by atoms with van der Waals surface area (Å²) in [6.07, 6.45) is 6.28. The molecule has 0 radical (unpaired) electrons. The van der Waals surface area contributed by atoms with Gasteiger partial charge < -0.3 is 5.11 Å². The van der Waals surface area contributed by atoms with Crippen LogP contribution in [0.15, 0.2) is 0 Å². The molecule has 0 amide bonds. The van der Waals surface area contributed by atoms with Gasteiger partial charge in [0.25, 0.3) is 0 Å². The quantitative estimate of drug-likeness (QED) is 0.908. The van der Waals surface area contributed by atoms with Crippen molar-refractivity contribution in [3.05, 3.63) is 17.0 Å². The van der Waals surface area contributed by atoms with Crippen LogP contribution in [-0.4, -0.2) is 20.9 Å². The van der Waals surface area contributed by atoms with Crippen LogP contribution in [0.25, 0.3) is 0 Å². The Morgan fingerprint density at radius 3 is 2.68 bits per heavy atom. The summed E-state index contributed by atoms with van der Waals surface area (Å²) in [6.45, 7) is 6.18. The maximum absolute atomic E-state index is 10.9. The summed E-state index contributed by atoms with van der Waals surface area (Å²) in [5.74, 6) is -0.0918. The van der Waals surface area contributed by atoms with Gasteiger partial charge in [0, 0.05) is 11.3 Å². The van der Waals surface area contributed by atoms with Crippen LogP contribution in [0.4, 0.5) is 0 Å². The van der Waals surface area contributed by atoms with Crippen LogP contribution in [0.3, 0.4) is 0 Å². The molecule has 1 aromatic rings. The molecule has 4 heteroatoms. The summed E-state index contributed by atoms with van der Waals surface area (Å²) in [5.41, 5.74) is 2.82. The van der Waals surface area contributed by atoms with Gasteiger partial charge in [-0.25, -0.2) is 0 Å². The molecule has 0 spiro atoms. The lowest BCUT2D eigenvalue weighted by Gasteiger charge is -2.32. The highest BCUT2D eigenvalue weighted by atomic mass is 16.4. The van der Waals surface area contributed by atoms with E-state index in [1.807, 2.05) is 13.8 Å². The zero-order chi connectivity index (χ0) is 14.0. The average molecular weight is 264 g/mol. The topological polar surface area (TPSA) is 55.1 Å². The Balaban J connectivity index is 2.31. The number of nitrogens with zero attached hydrogens (tertiary/aromatic N) is 2. The third kappa shape index (κ3) is 2.82. The zero-order valence-corrected chi connectivity index (χ0v) is 12.1. The van der Waals surface area contributed by atoms with E-state index in [0.717, 1.165) is 17.0 Å². The largest absolute Gasteiger partial charge is 0.481 e. The predicted molar refractivity (Wildman–Crippen MR) is 74.3 cm³/mol. The van der Waals surface area contributed by atoms with Crippen LogP contribution >= 0.6 is 0 Å². The van der Waals surface area contributed by atoms with Crippen molar-refractivity contribution in [3.8, 4) is 0 Å². The monoisotopic (exact) mass is 264 g/mol. The number of carboxylic acid groups (broad SMARTS) is 1. The van der Waals surface area contributed by atoms with Crippen molar-refractivity contribution in [1.29, 1.82) is 0 Å². The second-order valence-electron chi connectivity index (χ2n) is 5.68. The van der Waals surface area contributed by atoms with Crippen LogP contribution in [-0.2, 0) is 11.2 Å². The Hall–Kier alpha value is -1.32. The molecule has 1 heterocycles. The molecule has 0 saturated heterocycles. The van der Waals surface area contributed by atoms with E-state index in [4.69, 9.17) is 5.11 Å².